The van der Waals surface area contributed by atoms with E-state index in [0.717, 1.165) is 12.0 Å². The van der Waals surface area contributed by atoms with Gasteiger partial charge in [-0.3, -0.25) is 4.79 Å². The van der Waals surface area contributed by atoms with Crippen LogP contribution in [0.3, 0.4) is 0 Å². The van der Waals surface area contributed by atoms with E-state index in [1.54, 1.807) is 6.08 Å². The van der Waals surface area contributed by atoms with Crippen molar-refractivity contribution in [2.45, 2.75) is 19.3 Å². The summed E-state index contributed by atoms with van der Waals surface area (Å²) in [7, 11) is 0. The van der Waals surface area contributed by atoms with E-state index in [1.807, 2.05) is 42.5 Å². The van der Waals surface area contributed by atoms with Gasteiger partial charge in [0.05, 0.1) is 0 Å². The molecule has 3 rings (SSSR count). The summed E-state index contributed by atoms with van der Waals surface area (Å²) in [4.78, 5) is 12.1. The van der Waals surface area contributed by atoms with Crippen molar-refractivity contribution >= 4 is 12.0 Å². The minimum Gasteiger partial charge on any atom is -0.353 e. The van der Waals surface area contributed by atoms with Crippen LogP contribution in [-0.2, 0) is 4.79 Å². The Hall–Kier alpha value is -3.13. The second kappa shape index (κ2) is 9.54. The summed E-state index contributed by atoms with van der Waals surface area (Å²) in [5.74, 6) is 0.212. The number of amides is 1. The van der Waals surface area contributed by atoms with Crippen molar-refractivity contribution in [1.29, 1.82) is 0 Å². The fourth-order valence-electron chi connectivity index (χ4n) is 3.14. The number of hydrogen-bond acceptors (Lipinski definition) is 1. The highest BCUT2D eigenvalue weighted by molar-refractivity contribution is 5.91. The lowest BCUT2D eigenvalue weighted by atomic mass is 9.88. The van der Waals surface area contributed by atoms with Crippen LogP contribution in [0.5, 0.6) is 0 Å². The molecule has 0 saturated carbocycles. The molecule has 0 aliphatic heterocycles. The fourth-order valence-corrected chi connectivity index (χ4v) is 3.14. The van der Waals surface area contributed by atoms with Gasteiger partial charge in [0.25, 0.3) is 0 Å². The van der Waals surface area contributed by atoms with E-state index in [1.165, 1.54) is 16.7 Å². The molecule has 0 spiro atoms. The monoisotopic (exact) mass is 355 g/mol. The summed E-state index contributed by atoms with van der Waals surface area (Å²) >= 11 is 0. The number of carbonyl (C=O) groups excluding carboxylic acids is 1. The molecule has 0 aliphatic rings. The minimum absolute atomic E-state index is 0.0598. The van der Waals surface area contributed by atoms with Gasteiger partial charge in [-0.25, -0.2) is 0 Å². The summed E-state index contributed by atoms with van der Waals surface area (Å²) in [5, 5.41) is 3.01. The highest BCUT2D eigenvalue weighted by Gasteiger charge is 2.13. The molecule has 0 aliphatic carbocycles. The molecule has 1 amide bonds. The van der Waals surface area contributed by atoms with Crippen LogP contribution in [0.4, 0.5) is 0 Å². The van der Waals surface area contributed by atoms with Gasteiger partial charge in [-0.15, -0.1) is 0 Å². The van der Waals surface area contributed by atoms with E-state index < -0.39 is 0 Å². The number of benzene rings is 3. The molecule has 0 heterocycles. The van der Waals surface area contributed by atoms with Crippen molar-refractivity contribution in [2.24, 2.45) is 0 Å². The van der Waals surface area contributed by atoms with Crippen LogP contribution in [0.2, 0.25) is 0 Å². The van der Waals surface area contributed by atoms with Crippen LogP contribution in [0.1, 0.15) is 34.6 Å². The van der Waals surface area contributed by atoms with E-state index in [0.29, 0.717) is 6.54 Å². The van der Waals surface area contributed by atoms with Crippen LogP contribution in [-0.4, -0.2) is 12.5 Å². The van der Waals surface area contributed by atoms with E-state index in [9.17, 15) is 4.79 Å². The maximum Gasteiger partial charge on any atom is 0.243 e. The van der Waals surface area contributed by atoms with Gasteiger partial charge in [-0.05, 0) is 36.1 Å². The second-order valence-corrected chi connectivity index (χ2v) is 6.70. The number of aryl methyl sites for hydroxylation is 1. The fraction of sp³-hybridized carbons (Fsp3) is 0.160. The predicted molar refractivity (Wildman–Crippen MR) is 113 cm³/mol. The first-order valence-corrected chi connectivity index (χ1v) is 9.35. The lowest BCUT2D eigenvalue weighted by molar-refractivity contribution is -0.116. The number of nitrogens with one attached hydrogen (secondary N) is 1. The quantitative estimate of drug-likeness (QED) is 0.569. The lowest BCUT2D eigenvalue weighted by Crippen LogP contribution is -2.23. The average molecular weight is 355 g/mol. The van der Waals surface area contributed by atoms with Gasteiger partial charge < -0.3 is 5.32 Å². The molecule has 0 saturated heterocycles. The molecule has 0 unspecified atom stereocenters. The molecule has 1 N–H and O–H groups in total. The zero-order chi connectivity index (χ0) is 18.9. The number of rotatable bonds is 7. The van der Waals surface area contributed by atoms with Crippen molar-refractivity contribution in [3.05, 3.63) is 113 Å². The van der Waals surface area contributed by atoms with Crippen molar-refractivity contribution in [2.75, 3.05) is 6.54 Å². The topological polar surface area (TPSA) is 29.1 Å². The van der Waals surface area contributed by atoms with Crippen LogP contribution in [0, 0.1) is 6.92 Å². The maximum absolute atomic E-state index is 12.1. The summed E-state index contributed by atoms with van der Waals surface area (Å²) in [6, 6.07) is 29.0. The van der Waals surface area contributed by atoms with Gasteiger partial charge in [0, 0.05) is 18.5 Å². The number of hydrogen-bond donors (Lipinski definition) is 1. The van der Waals surface area contributed by atoms with Gasteiger partial charge in [-0.1, -0.05) is 90.5 Å². The van der Waals surface area contributed by atoms with Crippen molar-refractivity contribution < 1.29 is 4.79 Å². The Morgan fingerprint density at radius 2 is 1.41 bits per heavy atom. The SMILES string of the molecule is Cc1ccc(/C=C/C(=O)NCCC(c2ccccc2)c2ccccc2)cc1. The standard InChI is InChI=1S/C25H25NO/c1-20-12-14-21(15-13-20)16-17-25(27)26-19-18-24(22-8-4-2-5-9-22)23-10-6-3-7-11-23/h2-17,24H,18-19H2,1H3,(H,26,27)/b17-16+. The molecular weight excluding hydrogens is 330 g/mol. The summed E-state index contributed by atoms with van der Waals surface area (Å²) in [6.45, 7) is 2.68. The van der Waals surface area contributed by atoms with E-state index in [2.05, 4.69) is 60.8 Å². The molecule has 0 aromatic heterocycles. The Morgan fingerprint density at radius 1 is 0.852 bits per heavy atom. The largest absolute Gasteiger partial charge is 0.353 e. The second-order valence-electron chi connectivity index (χ2n) is 6.70. The molecule has 3 aromatic rings. The summed E-state index contributed by atoms with van der Waals surface area (Å²) < 4.78 is 0. The van der Waals surface area contributed by atoms with E-state index >= 15 is 0 Å². The normalized spacial score (nSPS) is 11.0. The van der Waals surface area contributed by atoms with Crippen LogP contribution in [0.15, 0.2) is 91.0 Å². The molecule has 3 aromatic carbocycles. The summed E-state index contributed by atoms with van der Waals surface area (Å²) in [5.41, 5.74) is 4.79. The lowest BCUT2D eigenvalue weighted by Gasteiger charge is -2.18. The van der Waals surface area contributed by atoms with Gasteiger partial charge in [0.2, 0.25) is 5.91 Å². The van der Waals surface area contributed by atoms with Gasteiger partial charge in [0.1, 0.15) is 0 Å². The van der Waals surface area contributed by atoms with E-state index in [-0.39, 0.29) is 11.8 Å². The first-order valence-electron chi connectivity index (χ1n) is 9.35. The maximum atomic E-state index is 12.1. The van der Waals surface area contributed by atoms with Gasteiger partial charge >= 0.3 is 0 Å². The molecule has 0 atom stereocenters. The van der Waals surface area contributed by atoms with Crippen molar-refractivity contribution in [3.8, 4) is 0 Å². The Kier molecular flexibility index (Phi) is 6.59. The molecular formula is C25H25NO. The average Bonchev–Trinajstić information content (AvgIpc) is 2.72. The molecule has 2 nitrogen and oxygen atoms in total. The Bertz CT molecular complexity index is 828. The van der Waals surface area contributed by atoms with E-state index in [4.69, 9.17) is 0 Å². The Morgan fingerprint density at radius 3 is 1.96 bits per heavy atom. The van der Waals surface area contributed by atoms with Crippen molar-refractivity contribution in [3.63, 3.8) is 0 Å². The predicted octanol–water partition coefficient (Wildman–Crippen LogP) is 5.35. The highest BCUT2D eigenvalue weighted by atomic mass is 16.1. The highest BCUT2D eigenvalue weighted by Crippen LogP contribution is 2.27. The molecule has 2 heteroatoms. The zero-order valence-corrected chi connectivity index (χ0v) is 15.6. The Labute approximate surface area is 161 Å². The third kappa shape index (κ3) is 5.68. The number of carbonyl (C=O) groups is 1. The first kappa shape index (κ1) is 18.7. The molecule has 136 valence electrons. The summed E-state index contributed by atoms with van der Waals surface area (Å²) in [6.07, 6.45) is 4.31. The van der Waals surface area contributed by atoms with Crippen LogP contribution < -0.4 is 5.32 Å². The Balaban J connectivity index is 1.59. The molecule has 0 radical (unpaired) electrons. The molecule has 0 bridgehead atoms. The smallest absolute Gasteiger partial charge is 0.243 e. The van der Waals surface area contributed by atoms with Crippen LogP contribution >= 0.6 is 0 Å². The minimum atomic E-state index is -0.0598. The van der Waals surface area contributed by atoms with Crippen molar-refractivity contribution in [1.82, 2.24) is 5.32 Å². The first-order chi connectivity index (χ1) is 13.2. The van der Waals surface area contributed by atoms with Gasteiger partial charge in [0.15, 0.2) is 0 Å². The van der Waals surface area contributed by atoms with Gasteiger partial charge in [-0.2, -0.15) is 0 Å². The van der Waals surface area contributed by atoms with Crippen LogP contribution in [0.25, 0.3) is 6.08 Å². The third-order valence-corrected chi connectivity index (χ3v) is 4.64. The molecule has 0 fully saturated rings. The zero-order valence-electron chi connectivity index (χ0n) is 15.6. The third-order valence-electron chi connectivity index (χ3n) is 4.64. The molecule has 27 heavy (non-hydrogen) atoms.